The molecule has 0 saturated heterocycles. The summed E-state index contributed by atoms with van der Waals surface area (Å²) in [7, 11) is -3.31. The van der Waals surface area contributed by atoms with Crippen molar-refractivity contribution in [3.63, 3.8) is 0 Å². The van der Waals surface area contributed by atoms with Crippen molar-refractivity contribution in [3.05, 3.63) is 27.9 Å². The second-order valence-corrected chi connectivity index (χ2v) is 9.37. The molecule has 0 aromatic carbocycles. The normalized spacial score (nSPS) is 24.1. The predicted molar refractivity (Wildman–Crippen MR) is 97.0 cm³/mol. The first-order valence-electron chi connectivity index (χ1n) is 9.07. The molecule has 1 aromatic rings. The number of fused-ring (bicyclic) bond motifs is 1. The third-order valence-corrected chi connectivity index (χ3v) is 6.65. The average molecular weight is 382 g/mol. The van der Waals surface area contributed by atoms with Gasteiger partial charge in [-0.2, -0.15) is 4.31 Å². The van der Waals surface area contributed by atoms with Gasteiger partial charge in [0.2, 0.25) is 15.9 Å². The molecule has 144 valence electrons. The summed E-state index contributed by atoms with van der Waals surface area (Å²) in [5.41, 5.74) is 0.727. The fourth-order valence-corrected chi connectivity index (χ4v) is 4.55. The third-order valence-electron chi connectivity index (χ3n) is 5.40. The smallest absolute Gasteiger partial charge is 0.257 e. The Kier molecular flexibility index (Phi) is 5.47. The van der Waals surface area contributed by atoms with E-state index in [2.05, 4.69) is 17.2 Å². The molecule has 2 atom stereocenters. The van der Waals surface area contributed by atoms with E-state index < -0.39 is 10.0 Å². The van der Waals surface area contributed by atoms with E-state index in [0.29, 0.717) is 23.6 Å². The van der Waals surface area contributed by atoms with Gasteiger partial charge >= 0.3 is 0 Å². The first kappa shape index (κ1) is 19.0. The van der Waals surface area contributed by atoms with Crippen LogP contribution in [-0.2, 0) is 34.3 Å². The fourth-order valence-electron chi connectivity index (χ4n) is 3.77. The summed E-state index contributed by atoms with van der Waals surface area (Å²) < 4.78 is 26.0. The van der Waals surface area contributed by atoms with E-state index in [-0.39, 0.29) is 37.1 Å². The molecule has 2 heterocycles. The summed E-state index contributed by atoms with van der Waals surface area (Å²) in [5, 5.41) is 3.04. The van der Waals surface area contributed by atoms with Crippen LogP contribution < -0.4 is 10.9 Å². The van der Waals surface area contributed by atoms with Crippen LogP contribution >= 0.6 is 0 Å². The maximum Gasteiger partial charge on any atom is 0.257 e. The molecule has 1 fully saturated rings. The summed E-state index contributed by atoms with van der Waals surface area (Å²) >= 11 is 0. The fraction of sp³-hybridized carbons (Fsp3) is 0.706. The van der Waals surface area contributed by atoms with Gasteiger partial charge < -0.3 is 5.32 Å². The Morgan fingerprint density at radius 3 is 2.77 bits per heavy atom. The second-order valence-electron chi connectivity index (χ2n) is 7.39. The topological polar surface area (TPSA) is 101 Å². The lowest BCUT2D eigenvalue weighted by Crippen LogP contribution is -2.44. The molecule has 1 aromatic heterocycles. The van der Waals surface area contributed by atoms with E-state index >= 15 is 0 Å². The van der Waals surface area contributed by atoms with Crippen LogP contribution in [0.1, 0.15) is 43.9 Å². The van der Waals surface area contributed by atoms with Crippen molar-refractivity contribution in [2.24, 2.45) is 5.92 Å². The van der Waals surface area contributed by atoms with Crippen LogP contribution in [0.3, 0.4) is 0 Å². The van der Waals surface area contributed by atoms with Gasteiger partial charge in [0.1, 0.15) is 6.54 Å². The minimum Gasteiger partial charge on any atom is -0.352 e. The molecule has 0 unspecified atom stereocenters. The first-order chi connectivity index (χ1) is 12.3. The lowest BCUT2D eigenvalue weighted by Gasteiger charge is -2.29. The van der Waals surface area contributed by atoms with Gasteiger partial charge in [-0.15, -0.1) is 0 Å². The molecule has 1 aliphatic heterocycles. The molecule has 9 heteroatoms. The van der Waals surface area contributed by atoms with Crippen molar-refractivity contribution < 1.29 is 13.2 Å². The molecular weight excluding hydrogens is 356 g/mol. The Hall–Kier alpha value is -1.74. The summed E-state index contributed by atoms with van der Waals surface area (Å²) in [5.74, 6) is 0.272. The Bertz CT molecular complexity index is 849. The highest BCUT2D eigenvalue weighted by Gasteiger charge is 2.27. The summed E-state index contributed by atoms with van der Waals surface area (Å²) in [6.07, 6.45) is 7.22. The molecule has 8 nitrogen and oxygen atoms in total. The number of hydrogen-bond acceptors (Lipinski definition) is 5. The summed E-state index contributed by atoms with van der Waals surface area (Å²) in [6.45, 7) is 2.46. The van der Waals surface area contributed by atoms with E-state index in [0.717, 1.165) is 25.5 Å². The molecule has 3 rings (SSSR count). The number of amides is 1. The Morgan fingerprint density at radius 1 is 1.35 bits per heavy atom. The third kappa shape index (κ3) is 4.15. The van der Waals surface area contributed by atoms with Crippen LogP contribution in [0.5, 0.6) is 0 Å². The Morgan fingerprint density at radius 2 is 2.08 bits per heavy atom. The second kappa shape index (κ2) is 7.48. The molecule has 0 bridgehead atoms. The van der Waals surface area contributed by atoms with Crippen LogP contribution in [0.4, 0.5) is 0 Å². The highest BCUT2D eigenvalue weighted by molar-refractivity contribution is 7.88. The zero-order valence-electron chi connectivity index (χ0n) is 15.3. The van der Waals surface area contributed by atoms with E-state index in [1.807, 2.05) is 0 Å². The zero-order chi connectivity index (χ0) is 18.9. The van der Waals surface area contributed by atoms with Crippen LogP contribution in [0.15, 0.2) is 11.1 Å². The van der Waals surface area contributed by atoms with Crippen LogP contribution in [0.25, 0.3) is 0 Å². The van der Waals surface area contributed by atoms with Crippen molar-refractivity contribution in [1.29, 1.82) is 0 Å². The molecule has 1 aliphatic carbocycles. The van der Waals surface area contributed by atoms with Gasteiger partial charge in [-0.05, 0) is 25.2 Å². The molecule has 2 aliphatic rings. The van der Waals surface area contributed by atoms with Gasteiger partial charge in [0.05, 0.1) is 24.8 Å². The first-order valence-corrected chi connectivity index (χ1v) is 10.9. The number of rotatable bonds is 4. The highest BCUT2D eigenvalue weighted by atomic mass is 32.2. The number of nitrogens with zero attached hydrogens (tertiary/aromatic N) is 3. The number of carbonyl (C=O) groups excluding carboxylic acids is 1. The van der Waals surface area contributed by atoms with Gasteiger partial charge in [0, 0.05) is 18.2 Å². The van der Waals surface area contributed by atoms with Crippen molar-refractivity contribution in [2.45, 2.75) is 58.2 Å². The number of hydrogen-bond donors (Lipinski definition) is 1. The summed E-state index contributed by atoms with van der Waals surface area (Å²) in [4.78, 5) is 29.2. The molecular formula is C17H26N4O4S. The Balaban J connectivity index is 1.70. The van der Waals surface area contributed by atoms with Gasteiger partial charge in [-0.25, -0.2) is 13.4 Å². The van der Waals surface area contributed by atoms with E-state index in [1.54, 1.807) is 0 Å². The van der Waals surface area contributed by atoms with Crippen molar-refractivity contribution in [3.8, 4) is 0 Å². The number of aromatic nitrogens is 2. The van der Waals surface area contributed by atoms with Crippen LogP contribution in [0.2, 0.25) is 0 Å². The maximum absolute atomic E-state index is 12.6. The Labute approximate surface area is 153 Å². The van der Waals surface area contributed by atoms with Gasteiger partial charge in [0.15, 0.2) is 0 Å². The quantitative estimate of drug-likeness (QED) is 0.805. The largest absolute Gasteiger partial charge is 0.352 e. The van der Waals surface area contributed by atoms with Crippen LogP contribution in [-0.4, -0.2) is 47.0 Å². The van der Waals surface area contributed by atoms with E-state index in [4.69, 9.17) is 0 Å². The average Bonchev–Trinajstić information content (AvgIpc) is 2.58. The predicted octanol–water partition coefficient (Wildman–Crippen LogP) is 0.256. The number of carbonyl (C=O) groups is 1. The molecule has 26 heavy (non-hydrogen) atoms. The van der Waals surface area contributed by atoms with Crippen molar-refractivity contribution in [1.82, 2.24) is 19.2 Å². The monoisotopic (exact) mass is 382 g/mol. The minimum atomic E-state index is -3.31. The number of sulfonamides is 1. The lowest BCUT2D eigenvalue weighted by atomic mass is 9.86. The van der Waals surface area contributed by atoms with Crippen molar-refractivity contribution in [2.75, 3.05) is 12.8 Å². The van der Waals surface area contributed by atoms with E-state index in [9.17, 15) is 18.0 Å². The van der Waals surface area contributed by atoms with E-state index in [1.165, 1.54) is 21.6 Å². The lowest BCUT2D eigenvalue weighted by molar-refractivity contribution is -0.123. The van der Waals surface area contributed by atoms with Crippen LogP contribution in [0, 0.1) is 5.92 Å². The molecule has 1 saturated carbocycles. The maximum atomic E-state index is 12.6. The summed E-state index contributed by atoms with van der Waals surface area (Å²) in [6, 6.07) is 0.167. The minimum absolute atomic E-state index is 0.0574. The highest BCUT2D eigenvalue weighted by Crippen LogP contribution is 2.23. The molecule has 1 amide bonds. The number of nitrogens with one attached hydrogen (secondary N) is 1. The van der Waals surface area contributed by atoms with Crippen molar-refractivity contribution >= 4 is 15.9 Å². The SMILES string of the molecule is C[C@H]1CCCC[C@@H]1NC(=O)Cn1cnc2c(c1=O)CCN(S(C)(=O)=O)C2. The van der Waals surface area contributed by atoms with Gasteiger partial charge in [-0.1, -0.05) is 19.8 Å². The zero-order valence-corrected chi connectivity index (χ0v) is 16.1. The molecule has 0 spiro atoms. The van der Waals surface area contributed by atoms with Gasteiger partial charge in [0.25, 0.3) is 5.56 Å². The molecule has 1 N–H and O–H groups in total. The standard InChI is InChI=1S/C17H26N4O4S/c1-12-5-3-4-6-14(12)19-16(22)10-20-11-18-15-9-21(26(2,24)25)8-7-13(15)17(20)23/h11-12,14H,3-10H2,1-2H3,(H,19,22)/t12-,14-/m0/s1. The van der Waals surface area contributed by atoms with Gasteiger partial charge in [-0.3, -0.25) is 14.2 Å². The molecule has 0 radical (unpaired) electrons.